The number of carbonyl (C=O) groups excluding carboxylic acids is 1. The van der Waals surface area contributed by atoms with Crippen molar-refractivity contribution in [3.8, 4) is 0 Å². The summed E-state index contributed by atoms with van der Waals surface area (Å²) in [5, 5.41) is 0. The molecule has 3 fully saturated rings. The zero-order valence-corrected chi connectivity index (χ0v) is 9.10. The zero-order valence-electron chi connectivity index (χ0n) is 8.28. The molecule has 0 heterocycles. The van der Waals surface area contributed by atoms with E-state index in [1.165, 1.54) is 0 Å². The molecule has 0 amide bonds. The van der Waals surface area contributed by atoms with Gasteiger partial charge in [0.15, 0.2) is 0 Å². The number of hydrogen-bond donors (Lipinski definition) is 1. The molecular weight excluding hydrogens is 204 g/mol. The Hall–Kier alpha value is -0.420. The predicted molar refractivity (Wildman–Crippen MR) is 50.4 cm³/mol. The van der Waals surface area contributed by atoms with E-state index in [1.54, 1.807) is 0 Å². The second kappa shape index (κ2) is 2.39. The van der Waals surface area contributed by atoms with E-state index in [0.29, 0.717) is 18.8 Å². The van der Waals surface area contributed by atoms with Gasteiger partial charge in [-0.15, -0.1) is 0 Å². The van der Waals surface area contributed by atoms with Crippen molar-refractivity contribution in [2.45, 2.75) is 26.7 Å². The van der Waals surface area contributed by atoms with Crippen LogP contribution in [0.3, 0.4) is 0 Å². The Bertz CT molecular complexity index is 395. The van der Waals surface area contributed by atoms with Crippen LogP contribution in [-0.4, -0.2) is 24.5 Å². The van der Waals surface area contributed by atoms with Gasteiger partial charge in [0.25, 0.3) is 10.1 Å². The molecule has 2 atom stereocenters. The fourth-order valence-corrected chi connectivity index (χ4v) is 4.33. The van der Waals surface area contributed by atoms with Crippen LogP contribution in [0.2, 0.25) is 0 Å². The third-order valence-electron chi connectivity index (χ3n) is 4.24. The molecule has 0 aromatic carbocycles. The molecule has 3 aliphatic rings. The van der Waals surface area contributed by atoms with Crippen molar-refractivity contribution in [2.75, 3.05) is 5.75 Å². The van der Waals surface area contributed by atoms with Crippen LogP contribution in [0, 0.1) is 16.7 Å². The summed E-state index contributed by atoms with van der Waals surface area (Å²) in [6.07, 6.45) is 1.10. The molecule has 4 nitrogen and oxygen atoms in total. The van der Waals surface area contributed by atoms with E-state index in [-0.39, 0.29) is 11.2 Å². The number of fused-ring (bicyclic) bond motifs is 1. The quantitative estimate of drug-likeness (QED) is 0.698. The Labute approximate surface area is 83.4 Å². The van der Waals surface area contributed by atoms with Crippen molar-refractivity contribution < 1.29 is 17.8 Å². The lowest BCUT2D eigenvalue weighted by Gasteiger charge is -2.52. The summed E-state index contributed by atoms with van der Waals surface area (Å²) < 4.78 is 30.5. The lowest BCUT2D eigenvalue weighted by atomic mass is 9.51. The van der Waals surface area contributed by atoms with Gasteiger partial charge in [-0.1, -0.05) is 13.8 Å². The molecule has 0 saturated heterocycles. The van der Waals surface area contributed by atoms with Crippen molar-refractivity contribution in [1.29, 1.82) is 0 Å². The highest BCUT2D eigenvalue weighted by Crippen LogP contribution is 2.68. The lowest BCUT2D eigenvalue weighted by molar-refractivity contribution is -0.133. The van der Waals surface area contributed by atoms with E-state index in [4.69, 9.17) is 4.55 Å². The highest BCUT2D eigenvalue weighted by molar-refractivity contribution is 7.85. The summed E-state index contributed by atoms with van der Waals surface area (Å²) in [4.78, 5) is 11.7. The van der Waals surface area contributed by atoms with Crippen molar-refractivity contribution in [3.05, 3.63) is 0 Å². The zero-order chi connectivity index (χ0) is 10.8. The Morgan fingerprint density at radius 2 is 2.07 bits per heavy atom. The molecule has 0 radical (unpaired) electrons. The van der Waals surface area contributed by atoms with E-state index in [0.717, 1.165) is 0 Å². The molecule has 2 bridgehead atoms. The molecule has 1 N–H and O–H groups in total. The smallest absolute Gasteiger partial charge is 0.265 e. The van der Waals surface area contributed by atoms with Gasteiger partial charge in [-0.3, -0.25) is 9.35 Å². The Kier molecular flexibility index (Phi) is 1.72. The van der Waals surface area contributed by atoms with Gasteiger partial charge >= 0.3 is 0 Å². The minimum Gasteiger partial charge on any atom is -0.299 e. The molecule has 3 aliphatic carbocycles. The minimum atomic E-state index is -4.05. The molecule has 3 saturated carbocycles. The number of carbonyl (C=O) groups is 1. The van der Waals surface area contributed by atoms with E-state index < -0.39 is 21.3 Å². The Morgan fingerprint density at radius 3 is 2.36 bits per heavy atom. The molecule has 2 unspecified atom stereocenters. The highest BCUT2D eigenvalue weighted by Gasteiger charge is 2.70. The third-order valence-corrected chi connectivity index (χ3v) is 5.10. The Morgan fingerprint density at radius 1 is 1.50 bits per heavy atom. The second-order valence-electron chi connectivity index (χ2n) is 5.06. The fraction of sp³-hybridized carbons (Fsp3) is 0.889. The maximum absolute atomic E-state index is 11.7. The molecule has 80 valence electrons. The van der Waals surface area contributed by atoms with Gasteiger partial charge in [0.05, 0.1) is 11.2 Å². The average molecular weight is 218 g/mol. The summed E-state index contributed by atoms with van der Waals surface area (Å²) in [6.45, 7) is 3.83. The average Bonchev–Trinajstić information content (AvgIpc) is 2.36. The molecule has 5 heteroatoms. The molecule has 3 rings (SSSR count). The first kappa shape index (κ1) is 10.1. The van der Waals surface area contributed by atoms with Crippen LogP contribution in [0.4, 0.5) is 0 Å². The SMILES string of the molecule is CC1(C)C2CC(=O)C1(CS(=O)(=O)O)C2. The molecule has 14 heavy (non-hydrogen) atoms. The van der Waals surface area contributed by atoms with Crippen LogP contribution in [0.25, 0.3) is 0 Å². The molecule has 0 aliphatic heterocycles. The summed E-state index contributed by atoms with van der Waals surface area (Å²) >= 11 is 0. The molecule has 0 aromatic rings. The summed E-state index contributed by atoms with van der Waals surface area (Å²) in [7, 11) is -4.05. The highest BCUT2D eigenvalue weighted by atomic mass is 32.2. The van der Waals surface area contributed by atoms with Gasteiger partial charge in [0.2, 0.25) is 0 Å². The molecular formula is C9H14O4S. The first-order valence-electron chi connectivity index (χ1n) is 4.67. The van der Waals surface area contributed by atoms with Crippen LogP contribution in [-0.2, 0) is 14.9 Å². The van der Waals surface area contributed by atoms with Crippen molar-refractivity contribution in [1.82, 2.24) is 0 Å². The van der Waals surface area contributed by atoms with E-state index >= 15 is 0 Å². The van der Waals surface area contributed by atoms with Crippen LogP contribution in [0.5, 0.6) is 0 Å². The second-order valence-corrected chi connectivity index (χ2v) is 6.51. The normalized spacial score (nSPS) is 39.6. The van der Waals surface area contributed by atoms with E-state index in [1.807, 2.05) is 13.8 Å². The summed E-state index contributed by atoms with van der Waals surface area (Å²) in [5.74, 6) is -0.0932. The maximum atomic E-state index is 11.7. The summed E-state index contributed by atoms with van der Waals surface area (Å²) in [5.41, 5.74) is -1.06. The van der Waals surface area contributed by atoms with Crippen LogP contribution < -0.4 is 0 Å². The predicted octanol–water partition coefficient (Wildman–Crippen LogP) is 0.879. The minimum absolute atomic E-state index is 0.00475. The largest absolute Gasteiger partial charge is 0.299 e. The van der Waals surface area contributed by atoms with Crippen LogP contribution in [0.1, 0.15) is 26.7 Å². The maximum Gasteiger partial charge on any atom is 0.265 e. The fourth-order valence-electron chi connectivity index (χ4n) is 3.05. The standard InChI is InChI=1S/C9H14O4S/c1-8(2)6-3-7(10)9(8,4-6)5-14(11,12)13/h6H,3-5H2,1-2H3,(H,11,12,13). The van der Waals surface area contributed by atoms with Crippen LogP contribution >= 0.6 is 0 Å². The number of Topliss-reactive ketones (excluding diaryl/α,β-unsaturated/α-hetero) is 1. The van der Waals surface area contributed by atoms with Gasteiger partial charge in [0, 0.05) is 6.42 Å². The van der Waals surface area contributed by atoms with Crippen molar-refractivity contribution in [2.24, 2.45) is 16.7 Å². The van der Waals surface area contributed by atoms with Gasteiger partial charge in [-0.25, -0.2) is 0 Å². The van der Waals surface area contributed by atoms with Gasteiger partial charge in [-0.2, -0.15) is 8.42 Å². The van der Waals surface area contributed by atoms with Crippen LogP contribution in [0.15, 0.2) is 0 Å². The molecule has 0 spiro atoms. The van der Waals surface area contributed by atoms with Crippen molar-refractivity contribution >= 4 is 15.9 Å². The number of rotatable bonds is 2. The number of hydrogen-bond acceptors (Lipinski definition) is 3. The molecule has 0 aromatic heterocycles. The Balaban J connectivity index is 2.37. The van der Waals surface area contributed by atoms with Crippen molar-refractivity contribution in [3.63, 3.8) is 0 Å². The first-order valence-corrected chi connectivity index (χ1v) is 6.28. The first-order chi connectivity index (χ1) is 6.19. The van der Waals surface area contributed by atoms with E-state index in [9.17, 15) is 13.2 Å². The topological polar surface area (TPSA) is 71.4 Å². The van der Waals surface area contributed by atoms with Gasteiger partial charge in [0.1, 0.15) is 5.78 Å². The monoisotopic (exact) mass is 218 g/mol. The summed E-state index contributed by atoms with van der Waals surface area (Å²) in [6, 6.07) is 0. The van der Waals surface area contributed by atoms with E-state index in [2.05, 4.69) is 0 Å². The van der Waals surface area contributed by atoms with Gasteiger partial charge < -0.3 is 0 Å². The number of ketones is 1. The third kappa shape index (κ3) is 1.02. The lowest BCUT2D eigenvalue weighted by Crippen LogP contribution is -2.54. The van der Waals surface area contributed by atoms with Gasteiger partial charge in [-0.05, 0) is 17.8 Å².